The molecule has 4 nitrogen and oxygen atoms in total. The number of benzene rings is 1. The Morgan fingerprint density at radius 3 is 2.80 bits per heavy atom. The lowest BCUT2D eigenvalue weighted by Gasteiger charge is -2.32. The van der Waals surface area contributed by atoms with Gasteiger partial charge in [-0.25, -0.2) is 0 Å². The Kier molecular flexibility index (Phi) is 4.45. The Morgan fingerprint density at radius 2 is 2.04 bits per heavy atom. The number of carbonyl (C=O) groups is 1. The SMILES string of the molecule is Cc1ccc(C=CC(=O)N2CC(c3ccccc3)C3COCCC32)o1. The Hall–Kier alpha value is -2.33. The van der Waals surface area contributed by atoms with E-state index in [1.54, 1.807) is 12.2 Å². The lowest BCUT2D eigenvalue weighted by molar-refractivity contribution is -0.128. The van der Waals surface area contributed by atoms with Gasteiger partial charge in [-0.1, -0.05) is 30.3 Å². The molecule has 0 radical (unpaired) electrons. The number of ether oxygens (including phenoxy) is 1. The van der Waals surface area contributed by atoms with E-state index in [1.807, 2.05) is 30.0 Å². The molecule has 3 unspecified atom stereocenters. The van der Waals surface area contributed by atoms with E-state index in [0.717, 1.165) is 31.9 Å². The molecule has 2 saturated heterocycles. The average molecular weight is 337 g/mol. The van der Waals surface area contributed by atoms with Crippen LogP contribution in [0.2, 0.25) is 0 Å². The molecule has 3 heterocycles. The number of fused-ring (bicyclic) bond motifs is 1. The lowest BCUT2D eigenvalue weighted by Crippen LogP contribution is -2.41. The number of furan rings is 1. The summed E-state index contributed by atoms with van der Waals surface area (Å²) < 4.78 is 11.2. The number of rotatable bonds is 3. The van der Waals surface area contributed by atoms with Crippen LogP contribution >= 0.6 is 0 Å². The fourth-order valence-electron chi connectivity index (χ4n) is 4.10. The van der Waals surface area contributed by atoms with Crippen LogP contribution in [0.4, 0.5) is 0 Å². The summed E-state index contributed by atoms with van der Waals surface area (Å²) in [5.74, 6) is 2.34. The first-order valence-electron chi connectivity index (χ1n) is 8.90. The minimum atomic E-state index is 0.0596. The highest BCUT2D eigenvalue weighted by Gasteiger charge is 2.45. The van der Waals surface area contributed by atoms with Gasteiger partial charge in [-0.3, -0.25) is 4.79 Å². The molecule has 2 fully saturated rings. The van der Waals surface area contributed by atoms with Crippen LogP contribution in [0.1, 0.15) is 29.4 Å². The van der Waals surface area contributed by atoms with Crippen LogP contribution in [0.5, 0.6) is 0 Å². The number of hydrogen-bond acceptors (Lipinski definition) is 3. The first kappa shape index (κ1) is 16.2. The molecule has 2 aliphatic heterocycles. The van der Waals surface area contributed by atoms with Gasteiger partial charge in [-0.05, 0) is 37.1 Å². The van der Waals surface area contributed by atoms with Crippen molar-refractivity contribution in [1.82, 2.24) is 4.90 Å². The third kappa shape index (κ3) is 3.27. The van der Waals surface area contributed by atoms with Crippen LogP contribution in [-0.4, -0.2) is 36.6 Å². The molecule has 130 valence electrons. The molecule has 4 rings (SSSR count). The maximum atomic E-state index is 12.8. The predicted molar refractivity (Wildman–Crippen MR) is 96.1 cm³/mol. The van der Waals surface area contributed by atoms with Gasteiger partial charge >= 0.3 is 0 Å². The summed E-state index contributed by atoms with van der Waals surface area (Å²) in [5, 5.41) is 0. The Morgan fingerprint density at radius 1 is 1.20 bits per heavy atom. The maximum Gasteiger partial charge on any atom is 0.246 e. The second kappa shape index (κ2) is 6.89. The summed E-state index contributed by atoms with van der Waals surface area (Å²) in [7, 11) is 0. The van der Waals surface area contributed by atoms with Crippen LogP contribution in [0.15, 0.2) is 53.0 Å². The Bertz CT molecular complexity index is 764. The van der Waals surface area contributed by atoms with Crippen molar-refractivity contribution in [2.24, 2.45) is 5.92 Å². The Balaban J connectivity index is 1.54. The molecule has 2 aromatic rings. The zero-order valence-corrected chi connectivity index (χ0v) is 14.4. The molecule has 2 aliphatic rings. The van der Waals surface area contributed by atoms with Crippen molar-refractivity contribution >= 4 is 12.0 Å². The quantitative estimate of drug-likeness (QED) is 0.803. The van der Waals surface area contributed by atoms with Crippen LogP contribution in [0.25, 0.3) is 6.08 Å². The van der Waals surface area contributed by atoms with Gasteiger partial charge in [-0.2, -0.15) is 0 Å². The topological polar surface area (TPSA) is 42.7 Å². The van der Waals surface area contributed by atoms with Crippen LogP contribution in [0, 0.1) is 12.8 Å². The van der Waals surface area contributed by atoms with E-state index < -0.39 is 0 Å². The van der Waals surface area contributed by atoms with Gasteiger partial charge in [0.15, 0.2) is 0 Å². The summed E-state index contributed by atoms with van der Waals surface area (Å²) in [6.45, 7) is 4.11. The fraction of sp³-hybridized carbons (Fsp3) is 0.381. The van der Waals surface area contributed by atoms with Crippen molar-refractivity contribution in [3.05, 3.63) is 65.6 Å². The van der Waals surface area contributed by atoms with Crippen molar-refractivity contribution in [3.63, 3.8) is 0 Å². The largest absolute Gasteiger partial charge is 0.462 e. The summed E-state index contributed by atoms with van der Waals surface area (Å²) in [6, 6.07) is 14.5. The maximum absolute atomic E-state index is 12.8. The van der Waals surface area contributed by atoms with Crippen LogP contribution < -0.4 is 0 Å². The van der Waals surface area contributed by atoms with Gasteiger partial charge in [0.25, 0.3) is 0 Å². The molecule has 1 aromatic heterocycles. The first-order chi connectivity index (χ1) is 12.2. The predicted octanol–water partition coefficient (Wildman–Crippen LogP) is 3.63. The zero-order chi connectivity index (χ0) is 17.2. The van der Waals surface area contributed by atoms with E-state index in [2.05, 4.69) is 24.3 Å². The molecule has 1 amide bonds. The van der Waals surface area contributed by atoms with Crippen molar-refractivity contribution < 1.29 is 13.9 Å². The minimum absolute atomic E-state index is 0.0596. The summed E-state index contributed by atoms with van der Waals surface area (Å²) >= 11 is 0. The highest BCUT2D eigenvalue weighted by Crippen LogP contribution is 2.40. The van der Waals surface area contributed by atoms with Crippen molar-refractivity contribution in [2.75, 3.05) is 19.8 Å². The third-order valence-electron chi connectivity index (χ3n) is 5.34. The second-order valence-electron chi connectivity index (χ2n) is 6.88. The molecular formula is C21H23NO3. The normalized spacial score (nSPS) is 26.1. The van der Waals surface area contributed by atoms with Crippen molar-refractivity contribution in [3.8, 4) is 0 Å². The van der Waals surface area contributed by atoms with Gasteiger partial charge in [0.2, 0.25) is 5.91 Å². The van der Waals surface area contributed by atoms with E-state index in [0.29, 0.717) is 17.6 Å². The van der Waals surface area contributed by atoms with E-state index in [9.17, 15) is 4.79 Å². The van der Waals surface area contributed by atoms with Crippen molar-refractivity contribution in [1.29, 1.82) is 0 Å². The van der Waals surface area contributed by atoms with Crippen molar-refractivity contribution in [2.45, 2.75) is 25.3 Å². The lowest BCUT2D eigenvalue weighted by atomic mass is 9.84. The molecule has 0 saturated carbocycles. The molecule has 1 aromatic carbocycles. The average Bonchev–Trinajstić information content (AvgIpc) is 3.24. The molecule has 0 N–H and O–H groups in total. The number of nitrogens with zero attached hydrogens (tertiary/aromatic N) is 1. The van der Waals surface area contributed by atoms with Gasteiger partial charge in [0, 0.05) is 37.1 Å². The molecule has 4 heteroatoms. The van der Waals surface area contributed by atoms with Gasteiger partial charge in [-0.15, -0.1) is 0 Å². The monoisotopic (exact) mass is 337 g/mol. The standard InChI is InChI=1S/C21H23NO3/c1-15-7-8-17(25-15)9-10-21(23)22-13-18(16-5-3-2-4-6-16)19-14-24-12-11-20(19)22/h2-10,18-20H,11-14H2,1H3. The minimum Gasteiger partial charge on any atom is -0.462 e. The molecule has 3 atom stereocenters. The number of likely N-dealkylation sites (tertiary alicyclic amines) is 1. The molecule has 0 spiro atoms. The summed E-state index contributed by atoms with van der Waals surface area (Å²) in [4.78, 5) is 14.8. The number of amides is 1. The highest BCUT2D eigenvalue weighted by atomic mass is 16.5. The van der Waals surface area contributed by atoms with E-state index in [1.165, 1.54) is 5.56 Å². The summed E-state index contributed by atoms with van der Waals surface area (Å²) in [5.41, 5.74) is 1.30. The van der Waals surface area contributed by atoms with Gasteiger partial charge in [0.1, 0.15) is 11.5 Å². The highest BCUT2D eigenvalue weighted by molar-refractivity contribution is 5.92. The van der Waals surface area contributed by atoms with E-state index in [-0.39, 0.29) is 11.9 Å². The van der Waals surface area contributed by atoms with E-state index >= 15 is 0 Å². The summed E-state index contributed by atoms with van der Waals surface area (Å²) in [6.07, 6.45) is 4.31. The number of hydrogen-bond donors (Lipinski definition) is 0. The molecule has 0 bridgehead atoms. The molecular weight excluding hydrogens is 314 g/mol. The second-order valence-corrected chi connectivity index (χ2v) is 6.88. The first-order valence-corrected chi connectivity index (χ1v) is 8.90. The Labute approximate surface area is 148 Å². The van der Waals surface area contributed by atoms with E-state index in [4.69, 9.17) is 9.15 Å². The van der Waals surface area contributed by atoms with Crippen LogP contribution in [-0.2, 0) is 9.53 Å². The van der Waals surface area contributed by atoms with Gasteiger partial charge < -0.3 is 14.1 Å². The smallest absolute Gasteiger partial charge is 0.246 e. The third-order valence-corrected chi connectivity index (χ3v) is 5.34. The zero-order valence-electron chi connectivity index (χ0n) is 14.4. The van der Waals surface area contributed by atoms with Crippen LogP contribution in [0.3, 0.4) is 0 Å². The fourth-order valence-corrected chi connectivity index (χ4v) is 4.10. The molecule has 25 heavy (non-hydrogen) atoms. The number of aryl methyl sites for hydroxylation is 1. The number of carbonyl (C=O) groups excluding carboxylic acids is 1. The molecule has 0 aliphatic carbocycles. The van der Waals surface area contributed by atoms with Gasteiger partial charge in [0.05, 0.1) is 6.61 Å².